The number of aliphatic hydroxyl groups excluding tert-OH is 1. The Labute approximate surface area is 139 Å². The van der Waals surface area contributed by atoms with Crippen LogP contribution < -0.4 is 10.6 Å². The van der Waals surface area contributed by atoms with Crippen LogP contribution in [0.1, 0.15) is 5.69 Å². The highest BCUT2D eigenvalue weighted by atomic mass is 35.5. The molecule has 0 saturated heterocycles. The third-order valence-corrected chi connectivity index (χ3v) is 3.17. The van der Waals surface area contributed by atoms with Gasteiger partial charge >= 0.3 is 6.18 Å². The maximum atomic E-state index is 12.9. The van der Waals surface area contributed by atoms with Crippen LogP contribution in [0.4, 0.5) is 30.6 Å². The predicted octanol–water partition coefficient (Wildman–Crippen LogP) is 3.95. The first-order chi connectivity index (χ1) is 10.8. The van der Waals surface area contributed by atoms with E-state index in [1.807, 2.05) is 0 Å². The van der Waals surface area contributed by atoms with Gasteiger partial charge in [-0.1, -0.05) is 23.2 Å². The summed E-state index contributed by atoms with van der Waals surface area (Å²) in [6, 6.07) is 5.26. The van der Waals surface area contributed by atoms with Crippen molar-refractivity contribution in [2.45, 2.75) is 6.18 Å². The topological polar surface area (TPSA) is 70.1 Å². The van der Waals surface area contributed by atoms with E-state index in [1.54, 1.807) is 6.07 Å². The van der Waals surface area contributed by atoms with Crippen molar-refractivity contribution in [3.8, 4) is 0 Å². The summed E-state index contributed by atoms with van der Waals surface area (Å²) in [5.41, 5.74) is -0.826. The number of hydrogen-bond acceptors (Lipinski definition) is 5. The average molecular weight is 367 g/mol. The van der Waals surface area contributed by atoms with Gasteiger partial charge in [0, 0.05) is 17.6 Å². The lowest BCUT2D eigenvalue weighted by molar-refractivity contribution is -0.141. The monoisotopic (exact) mass is 366 g/mol. The molecule has 2 aromatic rings. The minimum Gasteiger partial charge on any atom is -0.395 e. The van der Waals surface area contributed by atoms with Crippen molar-refractivity contribution in [1.82, 2.24) is 9.97 Å². The molecule has 0 aliphatic heterocycles. The molecule has 0 spiro atoms. The number of nitrogens with one attached hydrogen (secondary N) is 2. The van der Waals surface area contributed by atoms with Gasteiger partial charge < -0.3 is 15.7 Å². The van der Waals surface area contributed by atoms with E-state index in [-0.39, 0.29) is 29.9 Å². The molecule has 0 bridgehead atoms. The summed E-state index contributed by atoms with van der Waals surface area (Å²) in [7, 11) is 0. The number of aromatic nitrogens is 2. The summed E-state index contributed by atoms with van der Waals surface area (Å²) in [6.45, 7) is -0.263. The molecule has 0 atom stereocenters. The normalized spacial score (nSPS) is 11.4. The number of rotatable bonds is 5. The lowest BCUT2D eigenvalue weighted by Crippen LogP contribution is -2.15. The number of nitrogens with zero attached hydrogens (tertiary/aromatic N) is 2. The summed E-state index contributed by atoms with van der Waals surface area (Å²) in [5.74, 6) is -0.383. The van der Waals surface area contributed by atoms with Crippen LogP contribution in [0.15, 0.2) is 24.3 Å². The van der Waals surface area contributed by atoms with Crippen LogP contribution in [0.2, 0.25) is 10.0 Å². The molecule has 0 aliphatic rings. The van der Waals surface area contributed by atoms with Gasteiger partial charge in [0.1, 0.15) is 5.82 Å². The second-order valence-corrected chi connectivity index (χ2v) is 5.20. The second kappa shape index (κ2) is 7.20. The van der Waals surface area contributed by atoms with Crippen molar-refractivity contribution >= 4 is 40.7 Å². The summed E-state index contributed by atoms with van der Waals surface area (Å²) < 4.78 is 38.7. The molecule has 0 unspecified atom stereocenters. The molecule has 2 rings (SSSR count). The first-order valence-corrected chi connectivity index (χ1v) is 7.08. The van der Waals surface area contributed by atoms with Crippen LogP contribution in [0.25, 0.3) is 0 Å². The molecule has 10 heteroatoms. The fourth-order valence-corrected chi connectivity index (χ4v) is 1.97. The molecule has 3 N–H and O–H groups in total. The van der Waals surface area contributed by atoms with E-state index < -0.39 is 11.9 Å². The number of alkyl halides is 3. The van der Waals surface area contributed by atoms with Gasteiger partial charge in [0.25, 0.3) is 0 Å². The van der Waals surface area contributed by atoms with E-state index in [0.29, 0.717) is 10.7 Å². The van der Waals surface area contributed by atoms with Crippen LogP contribution >= 0.6 is 23.2 Å². The highest BCUT2D eigenvalue weighted by Gasteiger charge is 2.33. The fraction of sp³-hybridized carbons (Fsp3) is 0.231. The fourth-order valence-electron chi connectivity index (χ4n) is 1.63. The Balaban J connectivity index is 2.38. The molecular formula is C13H11Cl2F3N4O. The van der Waals surface area contributed by atoms with Crippen LogP contribution in [0.5, 0.6) is 0 Å². The Morgan fingerprint density at radius 2 is 1.87 bits per heavy atom. The van der Waals surface area contributed by atoms with E-state index in [4.69, 9.17) is 28.3 Å². The molecular weight excluding hydrogens is 356 g/mol. The Bertz CT molecular complexity index is 697. The van der Waals surface area contributed by atoms with Crippen LogP contribution in [-0.2, 0) is 6.18 Å². The van der Waals surface area contributed by atoms with E-state index in [0.717, 1.165) is 6.07 Å². The van der Waals surface area contributed by atoms with Crippen LogP contribution in [0.3, 0.4) is 0 Å². The van der Waals surface area contributed by atoms with Crippen LogP contribution in [-0.4, -0.2) is 28.2 Å². The molecule has 23 heavy (non-hydrogen) atoms. The van der Waals surface area contributed by atoms with Gasteiger partial charge in [-0.25, -0.2) is 4.98 Å². The first-order valence-electron chi connectivity index (χ1n) is 6.32. The van der Waals surface area contributed by atoms with Crippen LogP contribution in [0, 0.1) is 0 Å². The third-order valence-electron chi connectivity index (χ3n) is 2.60. The number of benzene rings is 1. The lowest BCUT2D eigenvalue weighted by atomic mass is 10.3. The molecule has 1 aromatic carbocycles. The predicted molar refractivity (Wildman–Crippen MR) is 82.4 cm³/mol. The second-order valence-electron chi connectivity index (χ2n) is 4.36. The van der Waals surface area contributed by atoms with E-state index in [9.17, 15) is 13.2 Å². The minimum absolute atomic E-state index is 0.0126. The van der Waals surface area contributed by atoms with Gasteiger partial charge in [0.2, 0.25) is 5.95 Å². The summed E-state index contributed by atoms with van der Waals surface area (Å²) in [6.07, 6.45) is -4.65. The SMILES string of the molecule is OCCNc1nc(Nc2cc(Cl)ccc2Cl)cc(C(F)(F)F)n1. The molecule has 0 amide bonds. The van der Waals surface area contributed by atoms with E-state index in [1.165, 1.54) is 12.1 Å². The molecule has 1 heterocycles. The highest BCUT2D eigenvalue weighted by Crippen LogP contribution is 2.32. The Hall–Kier alpha value is -1.77. The van der Waals surface area contributed by atoms with Gasteiger partial charge in [0.05, 0.1) is 17.3 Å². The van der Waals surface area contributed by atoms with Gasteiger partial charge in [0.15, 0.2) is 5.69 Å². The van der Waals surface area contributed by atoms with Gasteiger partial charge in [-0.05, 0) is 18.2 Å². The molecule has 124 valence electrons. The minimum atomic E-state index is -4.65. The first kappa shape index (κ1) is 17.6. The third kappa shape index (κ3) is 4.85. The van der Waals surface area contributed by atoms with E-state index in [2.05, 4.69) is 20.6 Å². The van der Waals surface area contributed by atoms with Crippen molar-refractivity contribution in [3.63, 3.8) is 0 Å². The molecule has 5 nitrogen and oxygen atoms in total. The van der Waals surface area contributed by atoms with Crippen molar-refractivity contribution in [1.29, 1.82) is 0 Å². The zero-order chi connectivity index (χ0) is 17.0. The zero-order valence-electron chi connectivity index (χ0n) is 11.5. The quantitative estimate of drug-likeness (QED) is 0.747. The summed E-state index contributed by atoms with van der Waals surface area (Å²) >= 11 is 11.8. The Morgan fingerprint density at radius 3 is 2.52 bits per heavy atom. The van der Waals surface area contributed by atoms with Gasteiger partial charge in [-0.15, -0.1) is 0 Å². The average Bonchev–Trinajstić information content (AvgIpc) is 2.48. The molecule has 0 aliphatic carbocycles. The molecule has 0 radical (unpaired) electrons. The summed E-state index contributed by atoms with van der Waals surface area (Å²) in [5, 5.41) is 14.5. The number of hydrogen-bond donors (Lipinski definition) is 3. The van der Waals surface area contributed by atoms with Gasteiger partial charge in [-0.3, -0.25) is 0 Å². The standard InChI is InChI=1S/C13H11Cl2F3N4O/c14-7-1-2-8(15)9(5-7)20-11-6-10(13(16,17)18)21-12(22-11)19-3-4-23/h1-2,5-6,23H,3-4H2,(H2,19,20,21,22). The lowest BCUT2D eigenvalue weighted by Gasteiger charge is -2.13. The Kier molecular flexibility index (Phi) is 5.51. The number of aliphatic hydroxyl groups is 1. The summed E-state index contributed by atoms with van der Waals surface area (Å²) in [4.78, 5) is 7.27. The maximum Gasteiger partial charge on any atom is 0.433 e. The van der Waals surface area contributed by atoms with Crippen molar-refractivity contribution in [3.05, 3.63) is 40.0 Å². The van der Waals surface area contributed by atoms with Gasteiger partial charge in [-0.2, -0.15) is 18.2 Å². The smallest absolute Gasteiger partial charge is 0.395 e. The highest BCUT2D eigenvalue weighted by molar-refractivity contribution is 6.35. The van der Waals surface area contributed by atoms with Crippen molar-refractivity contribution in [2.75, 3.05) is 23.8 Å². The Morgan fingerprint density at radius 1 is 1.13 bits per heavy atom. The number of halogens is 5. The van der Waals surface area contributed by atoms with Crippen molar-refractivity contribution in [2.24, 2.45) is 0 Å². The molecule has 0 saturated carbocycles. The van der Waals surface area contributed by atoms with Crippen molar-refractivity contribution < 1.29 is 18.3 Å². The number of anilines is 3. The largest absolute Gasteiger partial charge is 0.433 e. The zero-order valence-corrected chi connectivity index (χ0v) is 13.0. The molecule has 0 fully saturated rings. The molecule has 1 aromatic heterocycles. The van der Waals surface area contributed by atoms with E-state index >= 15 is 0 Å². The maximum absolute atomic E-state index is 12.9.